The van der Waals surface area contributed by atoms with Crippen molar-refractivity contribution in [1.29, 1.82) is 0 Å². The zero-order valence-corrected chi connectivity index (χ0v) is 13.5. The minimum atomic E-state index is -0.0481. The van der Waals surface area contributed by atoms with E-state index < -0.39 is 0 Å². The molecule has 2 fully saturated rings. The van der Waals surface area contributed by atoms with Crippen molar-refractivity contribution in [2.24, 2.45) is 0 Å². The molecule has 20 heavy (non-hydrogen) atoms. The summed E-state index contributed by atoms with van der Waals surface area (Å²) in [5.41, 5.74) is 0. The molecule has 0 bridgehead atoms. The molecule has 1 amide bonds. The molecule has 2 heterocycles. The summed E-state index contributed by atoms with van der Waals surface area (Å²) in [6.07, 6.45) is 7.31. The molecule has 1 unspecified atom stereocenters. The second kappa shape index (κ2) is 6.43. The monoisotopic (exact) mass is 311 g/mol. The van der Waals surface area contributed by atoms with Gasteiger partial charge in [-0.3, -0.25) is 4.79 Å². The summed E-state index contributed by atoms with van der Waals surface area (Å²) in [7, 11) is 0. The minimum absolute atomic E-state index is 0.0481. The fraction of sp³-hybridized carbons (Fsp3) is 0.786. The molecule has 1 aromatic rings. The van der Waals surface area contributed by atoms with Crippen LogP contribution in [0.25, 0.3) is 0 Å². The van der Waals surface area contributed by atoms with E-state index in [4.69, 9.17) is 0 Å². The van der Waals surface area contributed by atoms with Gasteiger partial charge >= 0.3 is 0 Å². The fourth-order valence-corrected chi connectivity index (χ4v) is 4.78. The van der Waals surface area contributed by atoms with E-state index in [-0.39, 0.29) is 11.2 Å². The molecule has 0 radical (unpaired) electrons. The van der Waals surface area contributed by atoms with Crippen molar-refractivity contribution >= 4 is 29.0 Å². The zero-order chi connectivity index (χ0) is 13.9. The largest absolute Gasteiger partial charge is 0.342 e. The van der Waals surface area contributed by atoms with E-state index in [1.807, 2.05) is 11.8 Å². The van der Waals surface area contributed by atoms with Gasteiger partial charge in [0, 0.05) is 19.0 Å². The van der Waals surface area contributed by atoms with Crippen LogP contribution in [0.5, 0.6) is 0 Å². The lowest BCUT2D eigenvalue weighted by molar-refractivity contribution is -0.130. The van der Waals surface area contributed by atoms with Crippen molar-refractivity contribution in [2.75, 3.05) is 13.1 Å². The van der Waals surface area contributed by atoms with Crippen LogP contribution < -0.4 is 0 Å². The second-order valence-corrected chi connectivity index (χ2v) is 8.28. The molecule has 1 atom stereocenters. The van der Waals surface area contributed by atoms with Gasteiger partial charge in [0.2, 0.25) is 5.91 Å². The lowest BCUT2D eigenvalue weighted by atomic mass is 10.2. The minimum Gasteiger partial charge on any atom is -0.342 e. The van der Waals surface area contributed by atoms with Crippen LogP contribution in [-0.2, 0) is 4.79 Å². The number of likely N-dealkylation sites (tertiary alicyclic amines) is 1. The predicted molar refractivity (Wildman–Crippen MR) is 82.3 cm³/mol. The number of aromatic nitrogens is 2. The highest BCUT2D eigenvalue weighted by atomic mass is 32.2. The van der Waals surface area contributed by atoms with Gasteiger partial charge in [-0.25, -0.2) is 0 Å². The van der Waals surface area contributed by atoms with Crippen molar-refractivity contribution in [2.45, 2.75) is 61.0 Å². The molecule has 0 spiro atoms. The number of amides is 1. The number of hydrogen-bond acceptors (Lipinski definition) is 5. The number of hydrogen-bond donors (Lipinski definition) is 0. The molecule has 1 aliphatic heterocycles. The molecule has 0 aromatic carbocycles. The molecule has 4 nitrogen and oxygen atoms in total. The number of nitrogens with zero attached hydrogens (tertiary/aromatic N) is 3. The first-order valence-electron chi connectivity index (χ1n) is 7.53. The molecule has 1 saturated carbocycles. The Morgan fingerprint density at radius 2 is 1.95 bits per heavy atom. The molecular formula is C14H21N3OS2. The zero-order valence-electron chi connectivity index (χ0n) is 11.9. The Balaban J connectivity index is 1.56. The quantitative estimate of drug-likeness (QED) is 0.800. The van der Waals surface area contributed by atoms with Gasteiger partial charge in [0.1, 0.15) is 5.01 Å². The van der Waals surface area contributed by atoms with Crippen molar-refractivity contribution in [3.05, 3.63) is 5.01 Å². The smallest absolute Gasteiger partial charge is 0.235 e. The Hall–Kier alpha value is -0.620. The first-order valence-corrected chi connectivity index (χ1v) is 9.22. The van der Waals surface area contributed by atoms with Crippen molar-refractivity contribution < 1.29 is 4.79 Å². The first-order chi connectivity index (χ1) is 9.74. The fourth-order valence-electron chi connectivity index (χ4n) is 2.51. The van der Waals surface area contributed by atoms with Gasteiger partial charge in [-0.05, 0) is 32.6 Å². The van der Waals surface area contributed by atoms with Crippen molar-refractivity contribution in [3.8, 4) is 0 Å². The summed E-state index contributed by atoms with van der Waals surface area (Å²) < 4.78 is 0.947. The summed E-state index contributed by atoms with van der Waals surface area (Å²) in [4.78, 5) is 14.5. The van der Waals surface area contributed by atoms with Crippen LogP contribution in [0.15, 0.2) is 4.34 Å². The van der Waals surface area contributed by atoms with Gasteiger partial charge in [0.05, 0.1) is 5.25 Å². The van der Waals surface area contributed by atoms with Crippen LogP contribution in [-0.4, -0.2) is 39.3 Å². The third kappa shape index (κ3) is 3.52. The molecule has 6 heteroatoms. The maximum atomic E-state index is 12.5. The van der Waals surface area contributed by atoms with Gasteiger partial charge in [-0.1, -0.05) is 35.9 Å². The van der Waals surface area contributed by atoms with Crippen LogP contribution in [0.1, 0.15) is 56.4 Å². The lowest BCUT2D eigenvalue weighted by Gasteiger charge is -2.23. The first kappa shape index (κ1) is 14.3. The third-order valence-corrected chi connectivity index (χ3v) is 6.15. The van der Waals surface area contributed by atoms with Gasteiger partial charge in [0.15, 0.2) is 4.34 Å². The topological polar surface area (TPSA) is 46.1 Å². The van der Waals surface area contributed by atoms with E-state index >= 15 is 0 Å². The summed E-state index contributed by atoms with van der Waals surface area (Å²) in [5.74, 6) is 0.915. The van der Waals surface area contributed by atoms with E-state index in [0.717, 1.165) is 35.3 Å². The maximum Gasteiger partial charge on any atom is 0.235 e. The van der Waals surface area contributed by atoms with Crippen LogP contribution in [0.3, 0.4) is 0 Å². The average molecular weight is 311 g/mol. The van der Waals surface area contributed by atoms with E-state index in [9.17, 15) is 4.79 Å². The lowest BCUT2D eigenvalue weighted by Crippen LogP contribution is -2.37. The van der Waals surface area contributed by atoms with E-state index in [1.165, 1.54) is 25.7 Å². The highest BCUT2D eigenvalue weighted by Gasteiger charge is 2.29. The Morgan fingerprint density at radius 1 is 1.25 bits per heavy atom. The molecule has 0 N–H and O–H groups in total. The Bertz CT molecular complexity index is 465. The number of carbonyl (C=O) groups is 1. The second-order valence-electron chi connectivity index (χ2n) is 5.68. The Morgan fingerprint density at radius 3 is 2.60 bits per heavy atom. The number of rotatable bonds is 4. The van der Waals surface area contributed by atoms with E-state index in [0.29, 0.717) is 5.92 Å². The van der Waals surface area contributed by atoms with Crippen LogP contribution in [0.2, 0.25) is 0 Å². The average Bonchev–Trinajstić information content (AvgIpc) is 3.24. The molecule has 1 saturated heterocycles. The van der Waals surface area contributed by atoms with Crippen LogP contribution in [0, 0.1) is 0 Å². The van der Waals surface area contributed by atoms with Crippen LogP contribution >= 0.6 is 23.1 Å². The highest BCUT2D eigenvalue weighted by molar-refractivity contribution is 8.02. The number of carbonyl (C=O) groups excluding carboxylic acids is 1. The van der Waals surface area contributed by atoms with Gasteiger partial charge < -0.3 is 4.90 Å². The van der Waals surface area contributed by atoms with Crippen molar-refractivity contribution in [3.63, 3.8) is 0 Å². The predicted octanol–water partition coefficient (Wildman–Crippen LogP) is 3.30. The molecule has 110 valence electrons. The Labute approximate surface area is 128 Å². The molecule has 1 aromatic heterocycles. The van der Waals surface area contributed by atoms with Crippen LogP contribution in [0.4, 0.5) is 0 Å². The maximum absolute atomic E-state index is 12.5. The summed E-state index contributed by atoms with van der Waals surface area (Å²) in [6.45, 7) is 3.84. The summed E-state index contributed by atoms with van der Waals surface area (Å²) in [5, 5.41) is 9.57. The SMILES string of the molecule is CC(Sc1nnc(C2CC2)s1)C(=O)N1CCCCCC1. The van der Waals surface area contributed by atoms with Crippen molar-refractivity contribution in [1.82, 2.24) is 15.1 Å². The summed E-state index contributed by atoms with van der Waals surface area (Å²) in [6, 6.07) is 0. The normalized spacial score (nSPS) is 21.6. The highest BCUT2D eigenvalue weighted by Crippen LogP contribution is 2.43. The third-order valence-electron chi connectivity index (χ3n) is 3.89. The van der Waals surface area contributed by atoms with Gasteiger partial charge in [0.25, 0.3) is 0 Å². The van der Waals surface area contributed by atoms with E-state index in [2.05, 4.69) is 10.2 Å². The van der Waals surface area contributed by atoms with Gasteiger partial charge in [-0.2, -0.15) is 0 Å². The Kier molecular flexibility index (Phi) is 4.61. The van der Waals surface area contributed by atoms with E-state index in [1.54, 1.807) is 23.1 Å². The molecular weight excluding hydrogens is 290 g/mol. The van der Waals surface area contributed by atoms with Gasteiger partial charge in [-0.15, -0.1) is 10.2 Å². The summed E-state index contributed by atoms with van der Waals surface area (Å²) >= 11 is 3.24. The molecule has 1 aliphatic carbocycles. The standard InChI is InChI=1S/C14H21N3OS2/c1-10(13(18)17-8-4-2-3-5-9-17)19-14-16-15-12(20-14)11-6-7-11/h10-11H,2-9H2,1H3. The molecule has 2 aliphatic rings. The molecule has 3 rings (SSSR count). The number of thioether (sulfide) groups is 1.